The van der Waals surface area contributed by atoms with Crippen LogP contribution in [0.3, 0.4) is 0 Å². The molecule has 2 rings (SSSR count). The first-order valence-corrected chi connectivity index (χ1v) is 7.83. The second-order valence-electron chi connectivity index (χ2n) is 5.61. The van der Waals surface area contributed by atoms with Crippen LogP contribution in [-0.2, 0) is 4.74 Å². The van der Waals surface area contributed by atoms with Gasteiger partial charge in [-0.15, -0.1) is 0 Å². The maximum Gasteiger partial charge on any atom is 0.322 e. The summed E-state index contributed by atoms with van der Waals surface area (Å²) in [5, 5.41) is 3.77. The third-order valence-corrected chi connectivity index (χ3v) is 4.14. The van der Waals surface area contributed by atoms with Crippen LogP contribution >= 0.6 is 23.2 Å². The van der Waals surface area contributed by atoms with Crippen LogP contribution in [0.15, 0.2) is 18.2 Å². The Bertz CT molecular complexity index is 508. The van der Waals surface area contributed by atoms with Crippen LogP contribution in [0, 0.1) is 5.92 Å². The molecule has 1 aliphatic heterocycles. The molecule has 21 heavy (non-hydrogen) atoms. The van der Waals surface area contributed by atoms with Gasteiger partial charge in [0.25, 0.3) is 0 Å². The highest BCUT2D eigenvalue weighted by Gasteiger charge is 2.27. The SMILES string of the molecule is CC(C)CC1COCCN1C(=O)Nc1ccc(Cl)c(Cl)c1. The Morgan fingerprint density at radius 2 is 2.19 bits per heavy atom. The van der Waals surface area contributed by atoms with Gasteiger partial charge >= 0.3 is 6.03 Å². The van der Waals surface area contributed by atoms with E-state index < -0.39 is 0 Å². The molecule has 1 unspecified atom stereocenters. The Kier molecular flexibility index (Phi) is 5.73. The summed E-state index contributed by atoms with van der Waals surface area (Å²) in [6.45, 7) is 6.05. The molecule has 1 aromatic rings. The van der Waals surface area contributed by atoms with Gasteiger partial charge in [0.1, 0.15) is 0 Å². The molecule has 0 radical (unpaired) electrons. The molecule has 0 aromatic heterocycles. The van der Waals surface area contributed by atoms with Crippen LogP contribution in [0.4, 0.5) is 10.5 Å². The highest BCUT2D eigenvalue weighted by Crippen LogP contribution is 2.25. The fraction of sp³-hybridized carbons (Fsp3) is 0.533. The number of urea groups is 1. The smallest absolute Gasteiger partial charge is 0.322 e. The van der Waals surface area contributed by atoms with Crippen molar-refractivity contribution in [3.05, 3.63) is 28.2 Å². The topological polar surface area (TPSA) is 41.6 Å². The number of morpholine rings is 1. The normalized spacial score (nSPS) is 18.9. The molecule has 1 fully saturated rings. The third kappa shape index (κ3) is 4.50. The van der Waals surface area contributed by atoms with Crippen molar-refractivity contribution in [1.82, 2.24) is 4.90 Å². The fourth-order valence-electron chi connectivity index (χ4n) is 2.43. The molecule has 0 saturated carbocycles. The summed E-state index contributed by atoms with van der Waals surface area (Å²) < 4.78 is 5.49. The first-order valence-electron chi connectivity index (χ1n) is 7.07. The van der Waals surface area contributed by atoms with Gasteiger partial charge in [-0.2, -0.15) is 0 Å². The molecule has 0 spiro atoms. The van der Waals surface area contributed by atoms with E-state index >= 15 is 0 Å². The van der Waals surface area contributed by atoms with Crippen LogP contribution < -0.4 is 5.32 Å². The lowest BCUT2D eigenvalue weighted by Crippen LogP contribution is -2.50. The quantitative estimate of drug-likeness (QED) is 0.898. The van der Waals surface area contributed by atoms with E-state index in [1.165, 1.54) is 0 Å². The van der Waals surface area contributed by atoms with Gasteiger partial charge in [-0.1, -0.05) is 37.0 Å². The van der Waals surface area contributed by atoms with E-state index in [0.29, 0.717) is 41.4 Å². The van der Waals surface area contributed by atoms with Crippen LogP contribution in [-0.4, -0.2) is 36.7 Å². The van der Waals surface area contributed by atoms with Gasteiger partial charge in [0, 0.05) is 12.2 Å². The molecule has 1 N–H and O–H groups in total. The molecule has 0 bridgehead atoms. The number of amides is 2. The van der Waals surface area contributed by atoms with E-state index in [1.807, 2.05) is 4.90 Å². The van der Waals surface area contributed by atoms with Gasteiger partial charge in [0.15, 0.2) is 0 Å². The van der Waals surface area contributed by atoms with E-state index in [2.05, 4.69) is 19.2 Å². The summed E-state index contributed by atoms with van der Waals surface area (Å²) in [6, 6.07) is 5.05. The lowest BCUT2D eigenvalue weighted by atomic mass is 10.0. The standard InChI is InChI=1S/C15H20Cl2N2O2/c1-10(2)7-12-9-21-6-5-19(12)15(20)18-11-3-4-13(16)14(17)8-11/h3-4,8,10,12H,5-7,9H2,1-2H3,(H,18,20). The average Bonchev–Trinajstić information content (AvgIpc) is 2.43. The number of carbonyl (C=O) groups is 1. The predicted octanol–water partition coefficient (Wildman–Crippen LogP) is 4.27. The number of rotatable bonds is 3. The van der Waals surface area contributed by atoms with E-state index in [0.717, 1.165) is 6.42 Å². The Morgan fingerprint density at radius 3 is 2.86 bits per heavy atom. The molecule has 1 aliphatic rings. The minimum Gasteiger partial charge on any atom is -0.377 e. The molecule has 2 amide bonds. The molecule has 1 heterocycles. The highest BCUT2D eigenvalue weighted by atomic mass is 35.5. The third-order valence-electron chi connectivity index (χ3n) is 3.40. The molecule has 1 atom stereocenters. The van der Waals surface area contributed by atoms with Gasteiger partial charge < -0.3 is 15.0 Å². The van der Waals surface area contributed by atoms with Crippen molar-refractivity contribution in [2.75, 3.05) is 25.1 Å². The molecule has 4 nitrogen and oxygen atoms in total. The lowest BCUT2D eigenvalue weighted by Gasteiger charge is -2.36. The minimum atomic E-state index is -0.123. The summed E-state index contributed by atoms with van der Waals surface area (Å²) in [7, 11) is 0. The molecule has 1 aromatic carbocycles. The van der Waals surface area contributed by atoms with Crippen molar-refractivity contribution in [1.29, 1.82) is 0 Å². The van der Waals surface area contributed by atoms with Gasteiger partial charge in [0.05, 0.1) is 29.3 Å². The van der Waals surface area contributed by atoms with E-state index in [-0.39, 0.29) is 12.1 Å². The summed E-state index contributed by atoms with van der Waals surface area (Å²) in [4.78, 5) is 14.3. The number of ether oxygens (including phenoxy) is 1. The molecular formula is C15H20Cl2N2O2. The second kappa shape index (κ2) is 7.34. The first-order chi connectivity index (χ1) is 9.97. The fourth-order valence-corrected chi connectivity index (χ4v) is 2.73. The average molecular weight is 331 g/mol. The van der Waals surface area contributed by atoms with Crippen LogP contribution in [0.1, 0.15) is 20.3 Å². The van der Waals surface area contributed by atoms with Crippen molar-refractivity contribution >= 4 is 34.9 Å². The zero-order chi connectivity index (χ0) is 15.4. The Hall–Kier alpha value is -0.970. The van der Waals surface area contributed by atoms with Crippen molar-refractivity contribution in [2.24, 2.45) is 5.92 Å². The number of nitrogens with zero attached hydrogens (tertiary/aromatic N) is 1. The van der Waals surface area contributed by atoms with Crippen molar-refractivity contribution in [2.45, 2.75) is 26.3 Å². The number of hydrogen-bond acceptors (Lipinski definition) is 2. The predicted molar refractivity (Wildman–Crippen MR) is 86.2 cm³/mol. The first kappa shape index (κ1) is 16.4. The van der Waals surface area contributed by atoms with Crippen molar-refractivity contribution in [3.63, 3.8) is 0 Å². The second-order valence-corrected chi connectivity index (χ2v) is 6.43. The van der Waals surface area contributed by atoms with E-state index in [1.54, 1.807) is 18.2 Å². The molecular weight excluding hydrogens is 311 g/mol. The van der Waals surface area contributed by atoms with E-state index in [4.69, 9.17) is 27.9 Å². The number of nitrogens with one attached hydrogen (secondary N) is 1. The van der Waals surface area contributed by atoms with Crippen LogP contribution in [0.25, 0.3) is 0 Å². The summed E-state index contributed by atoms with van der Waals surface area (Å²) in [6.07, 6.45) is 0.925. The maximum atomic E-state index is 12.4. The van der Waals surface area contributed by atoms with Gasteiger partial charge in [0.2, 0.25) is 0 Å². The number of benzene rings is 1. The Labute approximate surface area is 135 Å². The van der Waals surface area contributed by atoms with Gasteiger partial charge in [-0.05, 0) is 30.5 Å². The molecule has 116 valence electrons. The molecule has 1 saturated heterocycles. The van der Waals surface area contributed by atoms with Crippen LogP contribution in [0.5, 0.6) is 0 Å². The molecule has 0 aliphatic carbocycles. The lowest BCUT2D eigenvalue weighted by molar-refractivity contribution is 0.00857. The number of anilines is 1. The zero-order valence-corrected chi connectivity index (χ0v) is 13.7. The van der Waals surface area contributed by atoms with Crippen molar-refractivity contribution in [3.8, 4) is 0 Å². The number of halogens is 2. The largest absolute Gasteiger partial charge is 0.377 e. The Morgan fingerprint density at radius 1 is 1.43 bits per heavy atom. The maximum absolute atomic E-state index is 12.4. The van der Waals surface area contributed by atoms with Gasteiger partial charge in [-0.25, -0.2) is 4.79 Å². The van der Waals surface area contributed by atoms with Gasteiger partial charge in [-0.3, -0.25) is 0 Å². The zero-order valence-electron chi connectivity index (χ0n) is 12.2. The molecule has 6 heteroatoms. The minimum absolute atomic E-state index is 0.113. The van der Waals surface area contributed by atoms with E-state index in [9.17, 15) is 4.79 Å². The highest BCUT2D eigenvalue weighted by molar-refractivity contribution is 6.42. The number of hydrogen-bond donors (Lipinski definition) is 1. The Balaban J connectivity index is 2.04. The van der Waals surface area contributed by atoms with Crippen LogP contribution in [0.2, 0.25) is 10.0 Å². The summed E-state index contributed by atoms with van der Waals surface area (Å²) in [5.41, 5.74) is 0.643. The summed E-state index contributed by atoms with van der Waals surface area (Å²) >= 11 is 11.8. The monoisotopic (exact) mass is 330 g/mol. The summed E-state index contributed by atoms with van der Waals surface area (Å²) in [5.74, 6) is 0.511. The van der Waals surface area contributed by atoms with Crippen molar-refractivity contribution < 1.29 is 9.53 Å². The number of carbonyl (C=O) groups excluding carboxylic acids is 1.